The van der Waals surface area contributed by atoms with E-state index in [0.29, 0.717) is 5.13 Å². The molecule has 0 saturated carbocycles. The van der Waals surface area contributed by atoms with Crippen LogP contribution in [0.3, 0.4) is 0 Å². The van der Waals surface area contributed by atoms with Gasteiger partial charge in [0.05, 0.1) is 16.5 Å². The number of thiazole rings is 1. The molecule has 0 saturated heterocycles. The van der Waals surface area contributed by atoms with Crippen molar-refractivity contribution in [1.29, 1.82) is 0 Å². The van der Waals surface area contributed by atoms with Crippen LogP contribution in [0.2, 0.25) is 0 Å². The number of thiocarbonyl (C=S) groups is 1. The van der Waals surface area contributed by atoms with E-state index >= 15 is 0 Å². The normalized spacial score (nSPS) is 10.6. The number of anilines is 1. The van der Waals surface area contributed by atoms with Crippen LogP contribution in [0.25, 0.3) is 10.2 Å². The van der Waals surface area contributed by atoms with Gasteiger partial charge in [0.15, 0.2) is 16.0 Å². The summed E-state index contributed by atoms with van der Waals surface area (Å²) in [6.45, 7) is 4.06. The first kappa shape index (κ1) is 14.7. The highest BCUT2D eigenvalue weighted by molar-refractivity contribution is 7.80. The Hall–Kier alpha value is -2.25. The van der Waals surface area contributed by atoms with Crippen LogP contribution in [0.15, 0.2) is 34.9 Å². The first-order valence-corrected chi connectivity index (χ1v) is 7.79. The van der Waals surface area contributed by atoms with Crippen LogP contribution in [0, 0.1) is 13.8 Å². The monoisotopic (exact) mass is 331 g/mol. The number of nitrogens with zero attached hydrogens (tertiary/aromatic N) is 1. The minimum Gasteiger partial charge on any atom is -0.459 e. The number of benzene rings is 1. The molecular formula is C15H13N3O2S2. The molecule has 3 rings (SSSR count). The molecule has 22 heavy (non-hydrogen) atoms. The van der Waals surface area contributed by atoms with Gasteiger partial charge in [-0.25, -0.2) is 4.98 Å². The van der Waals surface area contributed by atoms with Crippen molar-refractivity contribution >= 4 is 49.9 Å². The van der Waals surface area contributed by atoms with Crippen LogP contribution in [0.5, 0.6) is 0 Å². The van der Waals surface area contributed by atoms with E-state index in [2.05, 4.69) is 21.7 Å². The van der Waals surface area contributed by atoms with Crippen molar-refractivity contribution < 1.29 is 9.21 Å². The third-order valence-corrected chi connectivity index (χ3v) is 4.44. The van der Waals surface area contributed by atoms with E-state index in [1.807, 2.05) is 19.9 Å². The second-order valence-corrected chi connectivity index (χ2v) is 6.19. The third-order valence-electron chi connectivity index (χ3n) is 3.13. The average molecular weight is 331 g/mol. The molecule has 0 spiro atoms. The molecule has 1 amide bonds. The zero-order valence-electron chi connectivity index (χ0n) is 12.0. The quantitative estimate of drug-likeness (QED) is 0.702. The minimum atomic E-state index is -0.393. The smallest absolute Gasteiger partial charge is 0.293 e. The predicted molar refractivity (Wildman–Crippen MR) is 91.5 cm³/mol. The number of carbonyl (C=O) groups excluding carboxylic acids is 1. The van der Waals surface area contributed by atoms with Gasteiger partial charge in [-0.1, -0.05) is 23.5 Å². The van der Waals surface area contributed by atoms with E-state index in [4.69, 9.17) is 16.6 Å². The lowest BCUT2D eigenvalue weighted by atomic mass is 10.1. The molecule has 0 aliphatic carbocycles. The molecule has 0 aliphatic heterocycles. The topological polar surface area (TPSA) is 67.2 Å². The van der Waals surface area contributed by atoms with Crippen LogP contribution in [-0.2, 0) is 0 Å². The molecule has 0 aliphatic rings. The van der Waals surface area contributed by atoms with Crippen molar-refractivity contribution in [2.75, 3.05) is 5.32 Å². The molecule has 1 aromatic carbocycles. The van der Waals surface area contributed by atoms with Gasteiger partial charge in [0, 0.05) is 0 Å². The fourth-order valence-corrected chi connectivity index (χ4v) is 3.28. The first-order chi connectivity index (χ1) is 10.5. The third kappa shape index (κ3) is 2.86. The van der Waals surface area contributed by atoms with Gasteiger partial charge in [0.25, 0.3) is 5.91 Å². The van der Waals surface area contributed by atoms with Gasteiger partial charge in [-0.2, -0.15) is 0 Å². The van der Waals surface area contributed by atoms with E-state index in [0.717, 1.165) is 21.3 Å². The zero-order valence-corrected chi connectivity index (χ0v) is 13.6. The number of amides is 1. The van der Waals surface area contributed by atoms with E-state index in [9.17, 15) is 4.79 Å². The number of aromatic nitrogens is 1. The fraction of sp³-hybridized carbons (Fsp3) is 0.133. The van der Waals surface area contributed by atoms with Gasteiger partial charge in [0.2, 0.25) is 0 Å². The van der Waals surface area contributed by atoms with Crippen molar-refractivity contribution in [3.63, 3.8) is 0 Å². The van der Waals surface area contributed by atoms with Crippen molar-refractivity contribution in [3.05, 3.63) is 47.4 Å². The minimum absolute atomic E-state index is 0.191. The first-order valence-electron chi connectivity index (χ1n) is 6.57. The Labute approximate surface area is 136 Å². The lowest BCUT2D eigenvalue weighted by Gasteiger charge is -2.04. The summed E-state index contributed by atoms with van der Waals surface area (Å²) in [6, 6.07) is 7.32. The molecule has 0 fully saturated rings. The van der Waals surface area contributed by atoms with Crippen molar-refractivity contribution in [2.24, 2.45) is 0 Å². The Bertz CT molecular complexity index is 814. The predicted octanol–water partition coefficient (Wildman–Crippen LogP) is 3.63. The standard InChI is InChI=1S/C15H13N3O2S2/c1-8-5-6-9(2)12-11(8)16-15(22-12)18-14(21)17-13(19)10-4-3-7-20-10/h3-7H,1-2H3,(H2,16,17,18,19,21). The summed E-state index contributed by atoms with van der Waals surface area (Å²) < 4.78 is 6.13. The number of hydrogen-bond donors (Lipinski definition) is 2. The number of aryl methyl sites for hydroxylation is 2. The lowest BCUT2D eigenvalue weighted by molar-refractivity contribution is 0.0950. The molecular weight excluding hydrogens is 318 g/mol. The molecule has 3 aromatic rings. The average Bonchev–Trinajstić information content (AvgIpc) is 3.12. The SMILES string of the molecule is Cc1ccc(C)c2sc(NC(=S)NC(=O)c3ccco3)nc12. The lowest BCUT2D eigenvalue weighted by Crippen LogP contribution is -2.33. The van der Waals surface area contributed by atoms with Crippen LogP contribution in [0.1, 0.15) is 21.7 Å². The summed E-state index contributed by atoms with van der Waals surface area (Å²) in [4.78, 5) is 16.4. The second-order valence-electron chi connectivity index (χ2n) is 4.78. The largest absolute Gasteiger partial charge is 0.459 e. The zero-order chi connectivity index (χ0) is 15.7. The maximum Gasteiger partial charge on any atom is 0.293 e. The van der Waals surface area contributed by atoms with E-state index < -0.39 is 5.91 Å². The van der Waals surface area contributed by atoms with E-state index in [1.54, 1.807) is 12.1 Å². The Morgan fingerprint density at radius 3 is 2.73 bits per heavy atom. The molecule has 7 heteroatoms. The van der Waals surface area contributed by atoms with Crippen molar-refractivity contribution in [2.45, 2.75) is 13.8 Å². The molecule has 0 atom stereocenters. The summed E-state index contributed by atoms with van der Waals surface area (Å²) >= 11 is 6.64. The molecule has 5 nitrogen and oxygen atoms in total. The Morgan fingerprint density at radius 2 is 2.05 bits per heavy atom. The molecule has 0 unspecified atom stereocenters. The molecule has 2 heterocycles. The molecule has 0 bridgehead atoms. The van der Waals surface area contributed by atoms with Crippen LogP contribution >= 0.6 is 23.6 Å². The molecule has 2 aromatic heterocycles. The fourth-order valence-electron chi connectivity index (χ4n) is 2.01. The number of rotatable bonds is 2. The Morgan fingerprint density at radius 1 is 1.27 bits per heavy atom. The van der Waals surface area contributed by atoms with Gasteiger partial charge < -0.3 is 9.73 Å². The van der Waals surface area contributed by atoms with Crippen LogP contribution in [0.4, 0.5) is 5.13 Å². The van der Waals surface area contributed by atoms with Gasteiger partial charge in [-0.05, 0) is 49.3 Å². The van der Waals surface area contributed by atoms with Gasteiger partial charge in [-0.3, -0.25) is 10.1 Å². The van der Waals surface area contributed by atoms with E-state index in [1.165, 1.54) is 17.6 Å². The number of nitrogens with one attached hydrogen (secondary N) is 2. The second kappa shape index (κ2) is 5.86. The molecule has 112 valence electrons. The van der Waals surface area contributed by atoms with Gasteiger partial charge in [-0.15, -0.1) is 0 Å². The Balaban J connectivity index is 1.76. The summed E-state index contributed by atoms with van der Waals surface area (Å²) in [7, 11) is 0. The highest BCUT2D eigenvalue weighted by atomic mass is 32.1. The maximum absolute atomic E-state index is 11.8. The van der Waals surface area contributed by atoms with Crippen LogP contribution < -0.4 is 10.6 Å². The highest BCUT2D eigenvalue weighted by Gasteiger charge is 2.13. The summed E-state index contributed by atoms with van der Waals surface area (Å²) in [5.74, 6) is -0.184. The summed E-state index contributed by atoms with van der Waals surface area (Å²) in [6.07, 6.45) is 1.44. The Kier molecular flexibility index (Phi) is 3.91. The number of hydrogen-bond acceptors (Lipinski definition) is 5. The van der Waals surface area contributed by atoms with E-state index in [-0.39, 0.29) is 10.9 Å². The maximum atomic E-state index is 11.8. The van der Waals surface area contributed by atoms with Crippen molar-refractivity contribution in [1.82, 2.24) is 10.3 Å². The summed E-state index contributed by atoms with van der Waals surface area (Å²) in [5.41, 5.74) is 3.22. The molecule has 0 radical (unpaired) electrons. The van der Waals surface area contributed by atoms with Crippen molar-refractivity contribution in [3.8, 4) is 0 Å². The molecule has 2 N–H and O–H groups in total. The van der Waals surface area contributed by atoms with Crippen LogP contribution in [-0.4, -0.2) is 16.0 Å². The number of furan rings is 1. The number of carbonyl (C=O) groups is 1. The van der Waals surface area contributed by atoms with Gasteiger partial charge in [0.1, 0.15) is 0 Å². The summed E-state index contributed by atoms with van der Waals surface area (Å²) in [5, 5.41) is 6.34. The number of fused-ring (bicyclic) bond motifs is 1. The highest BCUT2D eigenvalue weighted by Crippen LogP contribution is 2.30. The van der Waals surface area contributed by atoms with Gasteiger partial charge >= 0.3 is 0 Å².